The molecule has 0 aliphatic carbocycles. The highest BCUT2D eigenvalue weighted by molar-refractivity contribution is 5.88. The van der Waals surface area contributed by atoms with Crippen LogP contribution in [0.25, 0.3) is 0 Å². The van der Waals surface area contributed by atoms with E-state index in [0.29, 0.717) is 12.1 Å². The van der Waals surface area contributed by atoms with Gasteiger partial charge in [0, 0.05) is 24.6 Å². The van der Waals surface area contributed by atoms with Crippen LogP contribution in [0.5, 0.6) is 0 Å². The van der Waals surface area contributed by atoms with E-state index in [1.165, 1.54) is 38.5 Å². The standard InChI is InChI=1S/C22H21FN2O3/c1-16(26)25-21(12-13-28-2)22(27)24-15-19-10-7-17(8-11-19)6-9-18-4-3-5-20(23)14-18/h3-5,7-8,10-14,21H,15H2,1-2H3,(H,24,27)(H,25,26)/b13-12+. The molecule has 0 aliphatic rings. The van der Waals surface area contributed by atoms with Crippen LogP contribution in [-0.4, -0.2) is 25.0 Å². The molecule has 2 rings (SSSR count). The van der Waals surface area contributed by atoms with Crippen LogP contribution in [-0.2, 0) is 20.9 Å². The summed E-state index contributed by atoms with van der Waals surface area (Å²) in [5.74, 6) is 4.88. The van der Waals surface area contributed by atoms with E-state index in [0.717, 1.165) is 11.1 Å². The van der Waals surface area contributed by atoms with Gasteiger partial charge in [-0.1, -0.05) is 30.0 Å². The van der Waals surface area contributed by atoms with Crippen molar-refractivity contribution in [2.75, 3.05) is 7.11 Å². The predicted octanol–water partition coefficient (Wildman–Crippen LogP) is 2.51. The molecule has 0 aromatic heterocycles. The number of halogens is 1. The van der Waals surface area contributed by atoms with E-state index < -0.39 is 6.04 Å². The lowest BCUT2D eigenvalue weighted by Crippen LogP contribution is -2.44. The van der Waals surface area contributed by atoms with Crippen LogP contribution in [0.3, 0.4) is 0 Å². The second-order valence-corrected chi connectivity index (χ2v) is 5.92. The van der Waals surface area contributed by atoms with Gasteiger partial charge in [0.05, 0.1) is 13.4 Å². The van der Waals surface area contributed by atoms with Crippen LogP contribution in [0.15, 0.2) is 60.9 Å². The Kier molecular flexibility index (Phi) is 7.79. The molecule has 6 heteroatoms. The Morgan fingerprint density at radius 1 is 1.14 bits per heavy atom. The molecule has 2 N–H and O–H groups in total. The lowest BCUT2D eigenvalue weighted by molar-refractivity contribution is -0.127. The molecule has 5 nitrogen and oxygen atoms in total. The van der Waals surface area contributed by atoms with Gasteiger partial charge in [-0.15, -0.1) is 0 Å². The first kappa shape index (κ1) is 20.7. The van der Waals surface area contributed by atoms with Crippen LogP contribution >= 0.6 is 0 Å². The molecule has 0 aliphatic heterocycles. The second kappa shape index (κ2) is 10.5. The van der Waals surface area contributed by atoms with E-state index in [2.05, 4.69) is 22.5 Å². The SMILES string of the molecule is CO/C=C/C(NC(C)=O)C(=O)NCc1ccc(C#Cc2cccc(F)c2)cc1. The molecule has 0 radical (unpaired) electrons. The molecule has 144 valence electrons. The third kappa shape index (κ3) is 6.96. The van der Waals surface area contributed by atoms with E-state index in [-0.39, 0.29) is 17.6 Å². The average molecular weight is 380 g/mol. The molecule has 2 aromatic carbocycles. The molecular formula is C22H21FN2O3. The third-order valence-corrected chi connectivity index (χ3v) is 3.64. The number of hydrogen-bond acceptors (Lipinski definition) is 3. The second-order valence-electron chi connectivity index (χ2n) is 5.92. The summed E-state index contributed by atoms with van der Waals surface area (Å²) < 4.78 is 18.0. The molecule has 0 fully saturated rings. The van der Waals surface area contributed by atoms with E-state index >= 15 is 0 Å². The summed E-state index contributed by atoms with van der Waals surface area (Å²) in [6.45, 7) is 1.64. The first-order valence-electron chi connectivity index (χ1n) is 8.59. The number of carbonyl (C=O) groups is 2. The minimum Gasteiger partial charge on any atom is -0.505 e. The van der Waals surface area contributed by atoms with Crippen LogP contribution < -0.4 is 10.6 Å². The fourth-order valence-corrected chi connectivity index (χ4v) is 2.29. The largest absolute Gasteiger partial charge is 0.505 e. The Morgan fingerprint density at radius 2 is 1.86 bits per heavy atom. The highest BCUT2D eigenvalue weighted by atomic mass is 19.1. The van der Waals surface area contributed by atoms with Crippen molar-refractivity contribution in [1.29, 1.82) is 0 Å². The number of ether oxygens (including phenoxy) is 1. The monoisotopic (exact) mass is 380 g/mol. The smallest absolute Gasteiger partial charge is 0.247 e. The maximum absolute atomic E-state index is 13.2. The molecule has 2 amide bonds. The zero-order valence-corrected chi connectivity index (χ0v) is 15.7. The molecule has 1 atom stereocenters. The number of carbonyl (C=O) groups excluding carboxylic acids is 2. The number of nitrogens with one attached hydrogen (secondary N) is 2. The fourth-order valence-electron chi connectivity index (χ4n) is 2.29. The first-order chi connectivity index (χ1) is 13.5. The first-order valence-corrected chi connectivity index (χ1v) is 8.59. The van der Waals surface area contributed by atoms with Gasteiger partial charge < -0.3 is 15.4 Å². The van der Waals surface area contributed by atoms with Crippen molar-refractivity contribution < 1.29 is 18.7 Å². The minimum absolute atomic E-state index is 0.299. The van der Waals surface area contributed by atoms with Gasteiger partial charge in [0.1, 0.15) is 11.9 Å². The Balaban J connectivity index is 1.95. The van der Waals surface area contributed by atoms with E-state index in [4.69, 9.17) is 4.74 Å². The van der Waals surface area contributed by atoms with E-state index in [1.807, 2.05) is 24.3 Å². The zero-order chi connectivity index (χ0) is 20.4. The molecule has 0 saturated heterocycles. The molecular weight excluding hydrogens is 359 g/mol. The molecule has 0 heterocycles. The van der Waals surface area contributed by atoms with Crippen molar-refractivity contribution >= 4 is 11.8 Å². The third-order valence-electron chi connectivity index (χ3n) is 3.64. The van der Waals surface area contributed by atoms with Crippen molar-refractivity contribution in [3.05, 3.63) is 83.4 Å². The van der Waals surface area contributed by atoms with Gasteiger partial charge in [0.2, 0.25) is 11.8 Å². The van der Waals surface area contributed by atoms with Crippen molar-refractivity contribution in [2.24, 2.45) is 0 Å². The lowest BCUT2D eigenvalue weighted by Gasteiger charge is -2.14. The van der Waals surface area contributed by atoms with Gasteiger partial charge in [0.25, 0.3) is 0 Å². The van der Waals surface area contributed by atoms with Crippen LogP contribution in [0.2, 0.25) is 0 Å². The molecule has 28 heavy (non-hydrogen) atoms. The van der Waals surface area contributed by atoms with E-state index in [1.54, 1.807) is 12.1 Å². The number of methoxy groups -OCH3 is 1. The normalized spacial score (nSPS) is 11.2. The summed E-state index contributed by atoms with van der Waals surface area (Å²) in [6.07, 6.45) is 2.80. The summed E-state index contributed by atoms with van der Waals surface area (Å²) in [5, 5.41) is 5.29. The van der Waals surface area contributed by atoms with Crippen LogP contribution in [0, 0.1) is 17.7 Å². The van der Waals surface area contributed by atoms with Gasteiger partial charge in [0.15, 0.2) is 0 Å². The maximum atomic E-state index is 13.2. The average Bonchev–Trinajstić information content (AvgIpc) is 2.68. The topological polar surface area (TPSA) is 67.4 Å². The summed E-state index contributed by atoms with van der Waals surface area (Å²) in [4.78, 5) is 23.4. The Labute approximate surface area is 163 Å². The van der Waals surface area contributed by atoms with Gasteiger partial charge in [-0.2, -0.15) is 0 Å². The van der Waals surface area contributed by atoms with E-state index in [9.17, 15) is 14.0 Å². The van der Waals surface area contributed by atoms with Gasteiger partial charge in [-0.05, 0) is 42.0 Å². The number of benzene rings is 2. The van der Waals surface area contributed by atoms with Gasteiger partial charge >= 0.3 is 0 Å². The summed E-state index contributed by atoms with van der Waals surface area (Å²) in [5.41, 5.74) is 2.25. The van der Waals surface area contributed by atoms with Crippen molar-refractivity contribution in [3.63, 3.8) is 0 Å². The number of amides is 2. The summed E-state index contributed by atoms with van der Waals surface area (Å²) >= 11 is 0. The predicted molar refractivity (Wildman–Crippen MR) is 104 cm³/mol. The zero-order valence-electron chi connectivity index (χ0n) is 15.7. The Bertz CT molecular complexity index is 911. The lowest BCUT2D eigenvalue weighted by atomic mass is 10.1. The van der Waals surface area contributed by atoms with Gasteiger partial charge in [-0.25, -0.2) is 4.39 Å². The highest BCUT2D eigenvalue weighted by Crippen LogP contribution is 2.05. The number of hydrogen-bond donors (Lipinski definition) is 2. The van der Waals surface area contributed by atoms with Gasteiger partial charge in [-0.3, -0.25) is 9.59 Å². The van der Waals surface area contributed by atoms with Crippen LogP contribution in [0.4, 0.5) is 4.39 Å². The van der Waals surface area contributed by atoms with Crippen LogP contribution in [0.1, 0.15) is 23.6 Å². The fraction of sp³-hybridized carbons (Fsp3) is 0.182. The quantitative estimate of drug-likeness (QED) is 0.598. The van der Waals surface area contributed by atoms with Crippen molar-refractivity contribution in [1.82, 2.24) is 10.6 Å². The number of rotatable bonds is 6. The summed E-state index contributed by atoms with van der Waals surface area (Å²) in [7, 11) is 1.46. The van der Waals surface area contributed by atoms with Crippen molar-refractivity contribution in [2.45, 2.75) is 19.5 Å². The maximum Gasteiger partial charge on any atom is 0.247 e. The Morgan fingerprint density at radius 3 is 2.50 bits per heavy atom. The molecule has 0 saturated carbocycles. The summed E-state index contributed by atoms with van der Waals surface area (Å²) in [6, 6.07) is 12.6. The molecule has 2 aromatic rings. The molecule has 0 spiro atoms. The highest BCUT2D eigenvalue weighted by Gasteiger charge is 2.16. The molecule has 0 bridgehead atoms. The van der Waals surface area contributed by atoms with Crippen molar-refractivity contribution in [3.8, 4) is 11.8 Å². The minimum atomic E-state index is -0.811. The molecule has 1 unspecified atom stereocenters. The Hall–Kier alpha value is -3.59.